The van der Waals surface area contributed by atoms with Crippen molar-refractivity contribution in [3.8, 4) is 0 Å². The van der Waals surface area contributed by atoms with E-state index in [9.17, 15) is 0 Å². The molecule has 1 N–H and O–H groups in total. The van der Waals surface area contributed by atoms with Crippen molar-refractivity contribution in [1.29, 1.82) is 0 Å². The van der Waals surface area contributed by atoms with Crippen LogP contribution in [0.4, 0.5) is 0 Å². The molecule has 0 radical (unpaired) electrons. The highest BCUT2D eigenvalue weighted by Crippen LogP contribution is 2.36. The Morgan fingerprint density at radius 2 is 1.90 bits per heavy atom. The second kappa shape index (κ2) is 6.59. The van der Waals surface area contributed by atoms with Gasteiger partial charge in [-0.05, 0) is 55.5 Å². The lowest BCUT2D eigenvalue weighted by Gasteiger charge is -2.27. The van der Waals surface area contributed by atoms with Gasteiger partial charge in [0, 0.05) is 12.6 Å². The molecule has 0 bridgehead atoms. The van der Waals surface area contributed by atoms with Crippen molar-refractivity contribution in [3.05, 3.63) is 48.0 Å². The first-order valence-corrected chi connectivity index (χ1v) is 8.09. The minimum absolute atomic E-state index is 0.346. The number of nitrogens with one attached hydrogen (secondary N) is 1. The third kappa shape index (κ3) is 3.28. The number of hydrogen-bond acceptors (Lipinski definition) is 2. The van der Waals surface area contributed by atoms with Crippen molar-refractivity contribution in [2.45, 2.75) is 38.3 Å². The normalized spacial score (nSPS) is 17.8. The highest BCUT2D eigenvalue weighted by molar-refractivity contribution is 5.85. The van der Waals surface area contributed by atoms with Gasteiger partial charge in [-0.3, -0.25) is 0 Å². The average molecular weight is 283 g/mol. The van der Waals surface area contributed by atoms with E-state index in [1.54, 1.807) is 0 Å². The Morgan fingerprint density at radius 3 is 2.62 bits per heavy atom. The van der Waals surface area contributed by atoms with Gasteiger partial charge in [-0.1, -0.05) is 42.5 Å². The summed E-state index contributed by atoms with van der Waals surface area (Å²) in [4.78, 5) is 0. The number of rotatable bonds is 7. The van der Waals surface area contributed by atoms with Gasteiger partial charge in [-0.25, -0.2) is 0 Å². The molecule has 2 unspecified atom stereocenters. The number of hydrogen-bond donors (Lipinski definition) is 1. The molecule has 0 heterocycles. The summed E-state index contributed by atoms with van der Waals surface area (Å²) in [5.41, 5.74) is 1.41. The van der Waals surface area contributed by atoms with Gasteiger partial charge >= 0.3 is 0 Å². The third-order valence-corrected chi connectivity index (χ3v) is 4.53. The molecule has 1 saturated carbocycles. The summed E-state index contributed by atoms with van der Waals surface area (Å²) in [6.45, 7) is 2.90. The smallest absolute Gasteiger partial charge is 0.0759 e. The molecule has 3 rings (SSSR count). The van der Waals surface area contributed by atoms with Gasteiger partial charge in [0.1, 0.15) is 0 Å². The van der Waals surface area contributed by atoms with E-state index in [1.165, 1.54) is 29.2 Å². The molecule has 0 aliphatic heterocycles. The molecule has 21 heavy (non-hydrogen) atoms. The number of fused-ring (bicyclic) bond motifs is 1. The van der Waals surface area contributed by atoms with E-state index in [-0.39, 0.29) is 0 Å². The number of benzene rings is 2. The van der Waals surface area contributed by atoms with Crippen molar-refractivity contribution in [2.75, 3.05) is 13.7 Å². The van der Waals surface area contributed by atoms with Crippen LogP contribution in [-0.4, -0.2) is 25.8 Å². The van der Waals surface area contributed by atoms with Crippen molar-refractivity contribution >= 4 is 10.8 Å². The fourth-order valence-corrected chi connectivity index (χ4v) is 3.29. The molecule has 0 aromatic heterocycles. The fourth-order valence-electron chi connectivity index (χ4n) is 3.29. The Bertz CT molecular complexity index is 586. The molecule has 0 amide bonds. The highest BCUT2D eigenvalue weighted by Gasteiger charge is 2.36. The van der Waals surface area contributed by atoms with Crippen LogP contribution in [0.5, 0.6) is 0 Å². The summed E-state index contributed by atoms with van der Waals surface area (Å²) >= 11 is 0. The second-order valence-electron chi connectivity index (χ2n) is 5.99. The Labute approximate surface area is 127 Å². The molecule has 1 fully saturated rings. The highest BCUT2D eigenvalue weighted by atomic mass is 16.5. The second-order valence-corrected chi connectivity index (χ2v) is 5.99. The quantitative estimate of drug-likeness (QED) is 0.835. The van der Waals surface area contributed by atoms with Crippen LogP contribution < -0.4 is 5.32 Å². The first kappa shape index (κ1) is 14.6. The molecule has 1 aliphatic rings. The van der Waals surface area contributed by atoms with Crippen LogP contribution in [0.1, 0.15) is 25.3 Å². The van der Waals surface area contributed by atoms with E-state index < -0.39 is 0 Å². The average Bonchev–Trinajstić information content (AvgIpc) is 3.35. The molecular weight excluding hydrogens is 258 g/mol. The maximum atomic E-state index is 6.04. The predicted octanol–water partition coefficient (Wildman–Crippen LogP) is 3.79. The molecule has 2 nitrogen and oxygen atoms in total. The molecule has 2 aromatic rings. The van der Waals surface area contributed by atoms with Crippen LogP contribution >= 0.6 is 0 Å². The topological polar surface area (TPSA) is 21.3 Å². The summed E-state index contributed by atoms with van der Waals surface area (Å²) in [7, 11) is 2.06. The predicted molar refractivity (Wildman–Crippen MR) is 88.6 cm³/mol. The van der Waals surface area contributed by atoms with E-state index in [4.69, 9.17) is 4.74 Å². The molecule has 0 saturated heterocycles. The maximum Gasteiger partial charge on any atom is 0.0759 e. The summed E-state index contributed by atoms with van der Waals surface area (Å²) < 4.78 is 6.04. The summed E-state index contributed by atoms with van der Waals surface area (Å²) in [5, 5.41) is 6.19. The van der Waals surface area contributed by atoms with Crippen LogP contribution in [0, 0.1) is 5.92 Å². The standard InChI is InChI=1S/C19H25NO/c1-3-21-19(15-11-12-15)18(20-2)13-16-9-6-8-14-7-4-5-10-17(14)16/h4-10,15,18-20H,3,11-13H2,1-2H3. The van der Waals surface area contributed by atoms with Gasteiger partial charge in [0.15, 0.2) is 0 Å². The lowest BCUT2D eigenvalue weighted by atomic mass is 9.94. The van der Waals surface area contributed by atoms with E-state index >= 15 is 0 Å². The molecule has 0 spiro atoms. The molecule has 1 aliphatic carbocycles. The molecular formula is C19H25NO. The van der Waals surface area contributed by atoms with Crippen molar-refractivity contribution in [2.24, 2.45) is 5.92 Å². The van der Waals surface area contributed by atoms with E-state index in [0.717, 1.165) is 18.9 Å². The minimum Gasteiger partial charge on any atom is -0.377 e. The lowest BCUT2D eigenvalue weighted by Crippen LogP contribution is -2.42. The maximum absolute atomic E-state index is 6.04. The number of likely N-dealkylation sites (N-methyl/N-ethyl adjacent to an activating group) is 1. The zero-order chi connectivity index (χ0) is 14.7. The molecule has 2 heteroatoms. The first-order chi connectivity index (χ1) is 10.3. The minimum atomic E-state index is 0.346. The van der Waals surface area contributed by atoms with Crippen molar-refractivity contribution < 1.29 is 4.74 Å². The monoisotopic (exact) mass is 283 g/mol. The van der Waals surface area contributed by atoms with Crippen LogP contribution in [-0.2, 0) is 11.2 Å². The Balaban J connectivity index is 1.84. The van der Waals surface area contributed by atoms with Gasteiger partial charge in [0.05, 0.1) is 6.10 Å². The largest absolute Gasteiger partial charge is 0.377 e. The van der Waals surface area contributed by atoms with E-state index in [2.05, 4.69) is 61.8 Å². The molecule has 2 aromatic carbocycles. The van der Waals surface area contributed by atoms with Crippen molar-refractivity contribution in [1.82, 2.24) is 5.32 Å². The van der Waals surface area contributed by atoms with Crippen LogP contribution in [0.25, 0.3) is 10.8 Å². The lowest BCUT2D eigenvalue weighted by molar-refractivity contribution is 0.0211. The Morgan fingerprint density at radius 1 is 1.14 bits per heavy atom. The Hall–Kier alpha value is -1.38. The third-order valence-electron chi connectivity index (χ3n) is 4.53. The van der Waals surface area contributed by atoms with Crippen LogP contribution in [0.3, 0.4) is 0 Å². The first-order valence-electron chi connectivity index (χ1n) is 8.09. The van der Waals surface area contributed by atoms with Crippen LogP contribution in [0.15, 0.2) is 42.5 Å². The Kier molecular flexibility index (Phi) is 4.57. The zero-order valence-electron chi connectivity index (χ0n) is 13.0. The van der Waals surface area contributed by atoms with Gasteiger partial charge in [-0.2, -0.15) is 0 Å². The molecule has 112 valence electrons. The van der Waals surface area contributed by atoms with E-state index in [0.29, 0.717) is 12.1 Å². The SMILES string of the molecule is CCOC(C1CC1)C(Cc1cccc2ccccc12)NC. The summed E-state index contributed by atoms with van der Waals surface area (Å²) in [5.74, 6) is 0.748. The van der Waals surface area contributed by atoms with Gasteiger partial charge in [-0.15, -0.1) is 0 Å². The van der Waals surface area contributed by atoms with Crippen molar-refractivity contribution in [3.63, 3.8) is 0 Å². The van der Waals surface area contributed by atoms with E-state index in [1.807, 2.05) is 0 Å². The fraction of sp³-hybridized carbons (Fsp3) is 0.474. The van der Waals surface area contributed by atoms with Gasteiger partial charge < -0.3 is 10.1 Å². The molecule has 2 atom stereocenters. The van der Waals surface area contributed by atoms with Crippen LogP contribution in [0.2, 0.25) is 0 Å². The van der Waals surface area contributed by atoms with Gasteiger partial charge in [0.25, 0.3) is 0 Å². The summed E-state index contributed by atoms with van der Waals surface area (Å²) in [6, 6.07) is 15.6. The number of ether oxygens (including phenoxy) is 1. The van der Waals surface area contributed by atoms with Gasteiger partial charge in [0.2, 0.25) is 0 Å². The summed E-state index contributed by atoms with van der Waals surface area (Å²) in [6.07, 6.45) is 4.01. The zero-order valence-corrected chi connectivity index (χ0v) is 13.0.